The summed E-state index contributed by atoms with van der Waals surface area (Å²) in [5.41, 5.74) is -1.19. The van der Waals surface area contributed by atoms with E-state index >= 15 is 0 Å². The highest BCUT2D eigenvalue weighted by Crippen LogP contribution is 2.29. The molecule has 1 atom stereocenters. The van der Waals surface area contributed by atoms with Gasteiger partial charge in [-0.05, 0) is 34.6 Å². The standard InChI is InChI=1S/C14H23NO3/c1-7-8-9-11-10-17-14(5,6)15(11)12(16)18-13(2,3)4/h11H,7,10H2,1-6H3/t11-/m1/s1. The van der Waals surface area contributed by atoms with Crippen molar-refractivity contribution < 1.29 is 14.3 Å². The Balaban J connectivity index is 2.88. The second kappa shape index (κ2) is 5.19. The van der Waals surface area contributed by atoms with Gasteiger partial charge in [0.2, 0.25) is 0 Å². The van der Waals surface area contributed by atoms with E-state index in [0.29, 0.717) is 6.61 Å². The lowest BCUT2D eigenvalue weighted by atomic mass is 10.2. The molecule has 0 saturated carbocycles. The van der Waals surface area contributed by atoms with E-state index in [1.807, 2.05) is 41.5 Å². The molecule has 0 aliphatic carbocycles. The van der Waals surface area contributed by atoms with E-state index < -0.39 is 11.3 Å². The molecule has 0 unspecified atom stereocenters. The highest BCUT2D eigenvalue weighted by atomic mass is 16.6. The Morgan fingerprint density at radius 3 is 2.61 bits per heavy atom. The minimum absolute atomic E-state index is 0.227. The lowest BCUT2D eigenvalue weighted by Crippen LogP contribution is -2.49. The third kappa shape index (κ3) is 3.64. The van der Waals surface area contributed by atoms with Crippen LogP contribution in [0.5, 0.6) is 0 Å². The average Bonchev–Trinajstić information content (AvgIpc) is 2.48. The zero-order chi connectivity index (χ0) is 14.0. The summed E-state index contributed by atoms with van der Waals surface area (Å²) in [6.45, 7) is 11.7. The van der Waals surface area contributed by atoms with Gasteiger partial charge in [-0.25, -0.2) is 4.79 Å². The summed E-state index contributed by atoms with van der Waals surface area (Å²) in [5, 5.41) is 0. The van der Waals surface area contributed by atoms with Crippen molar-refractivity contribution in [3.8, 4) is 11.8 Å². The Kier molecular flexibility index (Phi) is 4.28. The van der Waals surface area contributed by atoms with E-state index in [2.05, 4.69) is 11.8 Å². The van der Waals surface area contributed by atoms with Gasteiger partial charge in [0.05, 0.1) is 6.61 Å². The summed E-state index contributed by atoms with van der Waals surface area (Å²) < 4.78 is 11.0. The largest absolute Gasteiger partial charge is 0.444 e. The van der Waals surface area contributed by atoms with Crippen LogP contribution in [0.1, 0.15) is 48.0 Å². The smallest absolute Gasteiger partial charge is 0.413 e. The van der Waals surface area contributed by atoms with Crippen LogP contribution in [0, 0.1) is 11.8 Å². The zero-order valence-corrected chi connectivity index (χ0v) is 12.2. The lowest BCUT2D eigenvalue weighted by Gasteiger charge is -2.33. The fourth-order valence-corrected chi connectivity index (χ4v) is 1.79. The van der Waals surface area contributed by atoms with Crippen molar-refractivity contribution in [3.63, 3.8) is 0 Å². The fraction of sp³-hybridized carbons (Fsp3) is 0.786. The van der Waals surface area contributed by atoms with E-state index in [-0.39, 0.29) is 12.1 Å². The Bertz CT molecular complexity index is 371. The van der Waals surface area contributed by atoms with Crippen molar-refractivity contribution in [1.29, 1.82) is 0 Å². The van der Waals surface area contributed by atoms with Crippen molar-refractivity contribution in [1.82, 2.24) is 4.90 Å². The number of amides is 1. The van der Waals surface area contributed by atoms with Gasteiger partial charge in [-0.1, -0.05) is 12.8 Å². The van der Waals surface area contributed by atoms with Crippen LogP contribution in [0.4, 0.5) is 4.79 Å². The molecule has 102 valence electrons. The van der Waals surface area contributed by atoms with Gasteiger partial charge in [-0.3, -0.25) is 4.90 Å². The van der Waals surface area contributed by atoms with Crippen LogP contribution in [0.3, 0.4) is 0 Å². The molecule has 1 heterocycles. The molecule has 1 saturated heterocycles. The van der Waals surface area contributed by atoms with E-state index in [1.54, 1.807) is 4.90 Å². The molecule has 0 radical (unpaired) electrons. The first-order valence-corrected chi connectivity index (χ1v) is 6.32. The second-order valence-electron chi connectivity index (χ2n) is 5.80. The quantitative estimate of drug-likeness (QED) is 0.623. The number of ether oxygens (including phenoxy) is 2. The third-order valence-corrected chi connectivity index (χ3v) is 2.52. The molecular weight excluding hydrogens is 230 g/mol. The Morgan fingerprint density at radius 1 is 1.50 bits per heavy atom. The first-order chi connectivity index (χ1) is 8.17. The van der Waals surface area contributed by atoms with Crippen molar-refractivity contribution in [2.45, 2.75) is 65.3 Å². The molecule has 1 rings (SSSR count). The van der Waals surface area contributed by atoms with Gasteiger partial charge in [0.1, 0.15) is 17.4 Å². The molecule has 0 spiro atoms. The summed E-state index contributed by atoms with van der Waals surface area (Å²) in [6.07, 6.45) is 0.388. The van der Waals surface area contributed by atoms with Gasteiger partial charge in [-0.2, -0.15) is 0 Å². The number of hydrogen-bond donors (Lipinski definition) is 0. The summed E-state index contributed by atoms with van der Waals surface area (Å²) >= 11 is 0. The van der Waals surface area contributed by atoms with Gasteiger partial charge < -0.3 is 9.47 Å². The average molecular weight is 253 g/mol. The molecule has 1 amide bonds. The molecule has 4 nitrogen and oxygen atoms in total. The predicted octanol–water partition coefficient (Wildman–Crippen LogP) is 2.77. The van der Waals surface area contributed by atoms with Crippen LogP contribution >= 0.6 is 0 Å². The number of carbonyl (C=O) groups excluding carboxylic acids is 1. The summed E-state index contributed by atoms with van der Waals surface area (Å²) in [6, 6.07) is -0.227. The highest BCUT2D eigenvalue weighted by Gasteiger charge is 2.45. The van der Waals surface area contributed by atoms with Crippen LogP contribution in [0.2, 0.25) is 0 Å². The predicted molar refractivity (Wildman–Crippen MR) is 70.0 cm³/mol. The number of carbonyl (C=O) groups is 1. The molecule has 0 aromatic rings. The molecular formula is C14H23NO3. The van der Waals surface area contributed by atoms with Crippen LogP contribution in [-0.4, -0.2) is 35.0 Å². The molecule has 0 aromatic carbocycles. The van der Waals surface area contributed by atoms with E-state index in [4.69, 9.17) is 9.47 Å². The maximum absolute atomic E-state index is 12.2. The van der Waals surface area contributed by atoms with Crippen LogP contribution in [0.25, 0.3) is 0 Å². The normalized spacial score (nSPS) is 22.3. The number of nitrogens with zero attached hydrogens (tertiary/aromatic N) is 1. The number of hydrogen-bond acceptors (Lipinski definition) is 3. The Labute approximate surface area is 110 Å². The lowest BCUT2D eigenvalue weighted by molar-refractivity contribution is -0.0608. The first-order valence-electron chi connectivity index (χ1n) is 6.32. The maximum Gasteiger partial charge on any atom is 0.413 e. The van der Waals surface area contributed by atoms with E-state index in [9.17, 15) is 4.79 Å². The van der Waals surface area contributed by atoms with Gasteiger partial charge in [0, 0.05) is 6.42 Å². The minimum Gasteiger partial charge on any atom is -0.444 e. The monoisotopic (exact) mass is 253 g/mol. The third-order valence-electron chi connectivity index (χ3n) is 2.52. The summed E-state index contributed by atoms with van der Waals surface area (Å²) in [4.78, 5) is 13.8. The van der Waals surface area contributed by atoms with Crippen molar-refractivity contribution >= 4 is 6.09 Å². The maximum atomic E-state index is 12.2. The van der Waals surface area contributed by atoms with E-state index in [0.717, 1.165) is 6.42 Å². The SMILES string of the molecule is CCC#C[C@@H]1COC(C)(C)N1C(=O)OC(C)(C)C. The molecule has 0 N–H and O–H groups in total. The fourth-order valence-electron chi connectivity index (χ4n) is 1.79. The summed E-state index contributed by atoms with van der Waals surface area (Å²) in [7, 11) is 0. The molecule has 1 aliphatic rings. The Morgan fingerprint density at radius 2 is 2.11 bits per heavy atom. The minimum atomic E-state index is -0.671. The zero-order valence-electron chi connectivity index (χ0n) is 12.2. The molecule has 0 bridgehead atoms. The van der Waals surface area contributed by atoms with Crippen LogP contribution < -0.4 is 0 Å². The first kappa shape index (κ1) is 14.8. The highest BCUT2D eigenvalue weighted by molar-refractivity contribution is 5.70. The van der Waals surface area contributed by atoms with Crippen molar-refractivity contribution in [3.05, 3.63) is 0 Å². The molecule has 1 aliphatic heterocycles. The van der Waals surface area contributed by atoms with Crippen molar-refractivity contribution in [2.75, 3.05) is 6.61 Å². The molecule has 4 heteroatoms. The number of rotatable bonds is 0. The molecule has 1 fully saturated rings. The van der Waals surface area contributed by atoms with Gasteiger partial charge in [0.15, 0.2) is 0 Å². The van der Waals surface area contributed by atoms with Gasteiger partial charge in [0.25, 0.3) is 0 Å². The molecule has 18 heavy (non-hydrogen) atoms. The van der Waals surface area contributed by atoms with Crippen LogP contribution in [0.15, 0.2) is 0 Å². The Hall–Kier alpha value is -1.21. The molecule has 0 aromatic heterocycles. The summed E-state index contributed by atoms with van der Waals surface area (Å²) in [5.74, 6) is 6.05. The second-order valence-corrected chi connectivity index (χ2v) is 5.80. The van der Waals surface area contributed by atoms with Crippen molar-refractivity contribution in [2.24, 2.45) is 0 Å². The van der Waals surface area contributed by atoms with Gasteiger partial charge >= 0.3 is 6.09 Å². The van der Waals surface area contributed by atoms with Crippen LogP contribution in [-0.2, 0) is 9.47 Å². The topological polar surface area (TPSA) is 38.8 Å². The van der Waals surface area contributed by atoms with E-state index in [1.165, 1.54) is 0 Å². The van der Waals surface area contributed by atoms with Gasteiger partial charge in [-0.15, -0.1) is 5.92 Å².